The van der Waals surface area contributed by atoms with Gasteiger partial charge in [0.1, 0.15) is 22.3 Å². The lowest BCUT2D eigenvalue weighted by Crippen LogP contribution is -2.11. The number of fused-ring (bicyclic) bond motifs is 6. The van der Waals surface area contributed by atoms with Crippen LogP contribution in [0.5, 0.6) is 0 Å². The molecule has 0 atom stereocenters. The topological polar surface area (TPSA) is 29.5 Å². The van der Waals surface area contributed by atoms with Gasteiger partial charge in [-0.05, 0) is 71.3 Å². The first-order valence-corrected chi connectivity index (χ1v) is 15.2. The summed E-state index contributed by atoms with van der Waals surface area (Å²) in [5, 5.41) is 4.42. The maximum atomic E-state index is 6.35. The van der Waals surface area contributed by atoms with E-state index in [0.717, 1.165) is 72.1 Å². The number of rotatable bonds is 5. The molecule has 0 saturated heterocycles. The third-order valence-electron chi connectivity index (χ3n) is 8.69. The van der Waals surface area contributed by atoms with Crippen LogP contribution < -0.4 is 4.90 Å². The first kappa shape index (κ1) is 25.4. The molecule has 2 aromatic heterocycles. The first-order valence-electron chi connectivity index (χ1n) is 15.2. The Hall–Kier alpha value is -6.06. The highest BCUT2D eigenvalue weighted by molar-refractivity contribution is 6.14. The lowest BCUT2D eigenvalue weighted by Gasteiger charge is -2.28. The van der Waals surface area contributed by atoms with Crippen molar-refractivity contribution < 1.29 is 8.83 Å². The monoisotopic (exact) mass is 577 g/mol. The van der Waals surface area contributed by atoms with Gasteiger partial charge in [-0.15, -0.1) is 0 Å². The Morgan fingerprint density at radius 2 is 0.933 bits per heavy atom. The molecule has 0 aliphatic rings. The summed E-state index contributed by atoms with van der Waals surface area (Å²) in [6, 6.07) is 57.3. The smallest absolute Gasteiger partial charge is 0.137 e. The van der Waals surface area contributed by atoms with Crippen LogP contribution in [0.2, 0.25) is 0 Å². The average Bonchev–Trinajstić information content (AvgIpc) is 3.68. The molecule has 45 heavy (non-hydrogen) atoms. The molecule has 212 valence electrons. The van der Waals surface area contributed by atoms with Crippen molar-refractivity contribution >= 4 is 60.9 Å². The first-order chi connectivity index (χ1) is 22.3. The number of nitrogens with zero attached hydrogens (tertiary/aromatic N) is 1. The van der Waals surface area contributed by atoms with Gasteiger partial charge < -0.3 is 13.7 Å². The molecular weight excluding hydrogens is 550 g/mol. The van der Waals surface area contributed by atoms with Crippen molar-refractivity contribution in [2.45, 2.75) is 0 Å². The Labute approximate surface area is 260 Å². The summed E-state index contributed by atoms with van der Waals surface area (Å²) in [5.74, 6) is 0. The van der Waals surface area contributed by atoms with Gasteiger partial charge in [-0.1, -0.05) is 109 Å². The minimum atomic E-state index is 0.864. The maximum absolute atomic E-state index is 6.35. The van der Waals surface area contributed by atoms with Gasteiger partial charge in [0.2, 0.25) is 0 Å². The molecule has 0 amide bonds. The van der Waals surface area contributed by atoms with Crippen LogP contribution >= 0.6 is 0 Å². The molecule has 0 fully saturated rings. The van der Waals surface area contributed by atoms with Crippen molar-refractivity contribution in [3.63, 3.8) is 0 Å². The highest BCUT2D eigenvalue weighted by Gasteiger charge is 2.22. The number of benzene rings is 7. The minimum absolute atomic E-state index is 0.864. The van der Waals surface area contributed by atoms with Gasteiger partial charge in [-0.3, -0.25) is 0 Å². The Bertz CT molecular complexity index is 2490. The van der Waals surface area contributed by atoms with E-state index in [1.807, 2.05) is 24.3 Å². The Morgan fingerprint density at radius 3 is 1.78 bits per heavy atom. The van der Waals surface area contributed by atoms with E-state index in [0.29, 0.717) is 0 Å². The Balaban J connectivity index is 1.29. The van der Waals surface area contributed by atoms with E-state index < -0.39 is 0 Å². The maximum Gasteiger partial charge on any atom is 0.137 e. The second-order valence-electron chi connectivity index (χ2n) is 11.3. The number of furan rings is 2. The third kappa shape index (κ3) is 4.21. The van der Waals surface area contributed by atoms with Gasteiger partial charge in [0.15, 0.2) is 0 Å². The molecule has 0 bridgehead atoms. The quantitative estimate of drug-likeness (QED) is 0.204. The van der Waals surface area contributed by atoms with Crippen molar-refractivity contribution in [2.75, 3.05) is 4.90 Å². The summed E-state index contributed by atoms with van der Waals surface area (Å²) in [6.07, 6.45) is 0. The molecular formula is C42H27NO2. The van der Waals surface area contributed by atoms with Gasteiger partial charge >= 0.3 is 0 Å². The van der Waals surface area contributed by atoms with E-state index in [1.165, 1.54) is 11.1 Å². The van der Waals surface area contributed by atoms with Crippen LogP contribution in [0.1, 0.15) is 0 Å². The minimum Gasteiger partial charge on any atom is -0.456 e. The van der Waals surface area contributed by atoms with E-state index in [1.54, 1.807) is 0 Å². The average molecular weight is 578 g/mol. The normalized spacial score (nSPS) is 11.6. The second-order valence-corrected chi connectivity index (χ2v) is 11.3. The lowest BCUT2D eigenvalue weighted by molar-refractivity contribution is 0.668. The lowest BCUT2D eigenvalue weighted by atomic mass is 9.98. The molecule has 3 nitrogen and oxygen atoms in total. The Morgan fingerprint density at radius 1 is 0.356 bits per heavy atom. The van der Waals surface area contributed by atoms with Crippen LogP contribution in [0, 0.1) is 0 Å². The van der Waals surface area contributed by atoms with Gasteiger partial charge in [0.25, 0.3) is 0 Å². The summed E-state index contributed by atoms with van der Waals surface area (Å²) < 4.78 is 12.5. The van der Waals surface area contributed by atoms with E-state index in [2.05, 4.69) is 144 Å². The summed E-state index contributed by atoms with van der Waals surface area (Å²) in [5.41, 5.74) is 11.4. The summed E-state index contributed by atoms with van der Waals surface area (Å²) >= 11 is 0. The predicted octanol–water partition coefficient (Wildman–Crippen LogP) is 12.3. The van der Waals surface area contributed by atoms with Crippen molar-refractivity contribution in [3.05, 3.63) is 164 Å². The molecule has 0 radical (unpaired) electrons. The number of hydrogen-bond donors (Lipinski definition) is 0. The molecule has 7 aromatic carbocycles. The molecule has 2 heterocycles. The zero-order valence-corrected chi connectivity index (χ0v) is 24.4. The van der Waals surface area contributed by atoms with Crippen molar-refractivity contribution in [1.29, 1.82) is 0 Å². The summed E-state index contributed by atoms with van der Waals surface area (Å²) in [7, 11) is 0. The summed E-state index contributed by atoms with van der Waals surface area (Å²) in [6.45, 7) is 0. The largest absolute Gasteiger partial charge is 0.456 e. The van der Waals surface area contributed by atoms with Gasteiger partial charge in [0.05, 0.1) is 16.8 Å². The van der Waals surface area contributed by atoms with Gasteiger partial charge in [-0.2, -0.15) is 0 Å². The zero-order chi connectivity index (χ0) is 29.7. The van der Waals surface area contributed by atoms with Gasteiger partial charge in [-0.25, -0.2) is 0 Å². The molecule has 9 rings (SSSR count). The van der Waals surface area contributed by atoms with Crippen LogP contribution in [0.3, 0.4) is 0 Å². The van der Waals surface area contributed by atoms with E-state index >= 15 is 0 Å². The summed E-state index contributed by atoms with van der Waals surface area (Å²) in [4.78, 5) is 2.37. The molecule has 0 saturated carbocycles. The molecule has 9 aromatic rings. The molecule has 0 unspecified atom stereocenters. The molecule has 0 aliphatic carbocycles. The number of hydrogen-bond acceptors (Lipinski definition) is 3. The molecule has 0 spiro atoms. The van der Waals surface area contributed by atoms with Crippen LogP contribution in [0.25, 0.3) is 66.1 Å². The van der Waals surface area contributed by atoms with Crippen LogP contribution in [-0.4, -0.2) is 0 Å². The fourth-order valence-corrected chi connectivity index (χ4v) is 6.59. The van der Waals surface area contributed by atoms with Crippen molar-refractivity contribution in [1.82, 2.24) is 0 Å². The van der Waals surface area contributed by atoms with E-state index in [9.17, 15) is 0 Å². The van der Waals surface area contributed by atoms with Crippen molar-refractivity contribution in [2.24, 2.45) is 0 Å². The molecule has 0 aliphatic heterocycles. The third-order valence-corrected chi connectivity index (χ3v) is 8.69. The Kier molecular flexibility index (Phi) is 5.82. The van der Waals surface area contributed by atoms with Crippen LogP contribution in [0.15, 0.2) is 173 Å². The number of anilines is 3. The molecule has 0 N–H and O–H groups in total. The highest BCUT2D eigenvalue weighted by Crippen LogP contribution is 2.46. The standard InChI is InChI=1S/C42H27NO2/c1-2-11-28(12-3-1)29-21-24-31(25-22-29)43(37-17-10-20-41-42(37)34-15-6-9-19-39(34)45-41)36-16-7-4-13-32(36)30-23-26-40-35(27-30)33-14-5-8-18-38(33)44-40/h1-27H. The fraction of sp³-hybridized carbons (Fsp3) is 0. The zero-order valence-electron chi connectivity index (χ0n) is 24.4. The second kappa shape index (κ2) is 10.3. The van der Waals surface area contributed by atoms with E-state index in [4.69, 9.17) is 8.83 Å². The predicted molar refractivity (Wildman–Crippen MR) is 187 cm³/mol. The van der Waals surface area contributed by atoms with Gasteiger partial charge in [0, 0.05) is 27.4 Å². The molecule has 3 heteroatoms. The van der Waals surface area contributed by atoms with Crippen LogP contribution in [-0.2, 0) is 0 Å². The fourth-order valence-electron chi connectivity index (χ4n) is 6.59. The van der Waals surface area contributed by atoms with Crippen LogP contribution in [0.4, 0.5) is 17.1 Å². The number of para-hydroxylation sites is 3. The van der Waals surface area contributed by atoms with Crippen molar-refractivity contribution in [3.8, 4) is 22.3 Å². The SMILES string of the molecule is c1ccc(-c2ccc(N(c3ccccc3-c3ccc4oc5ccccc5c4c3)c3cccc4oc5ccccc5c34)cc2)cc1. The highest BCUT2D eigenvalue weighted by atomic mass is 16.3. The van der Waals surface area contributed by atoms with E-state index in [-0.39, 0.29) is 0 Å².